The van der Waals surface area contributed by atoms with E-state index in [2.05, 4.69) is 12.1 Å². The normalized spacial score (nSPS) is 10.6. The Morgan fingerprint density at radius 1 is 0.765 bits per heavy atom. The molecular formula is C14H12Cl2S. The fourth-order valence-corrected chi connectivity index (χ4v) is 2.75. The molecule has 0 heterocycles. The van der Waals surface area contributed by atoms with Crippen molar-refractivity contribution in [3.63, 3.8) is 0 Å². The molecule has 3 heteroatoms. The van der Waals surface area contributed by atoms with Gasteiger partial charge in [0.2, 0.25) is 0 Å². The first kappa shape index (κ1) is 12.8. The van der Waals surface area contributed by atoms with E-state index in [1.165, 1.54) is 9.79 Å². The van der Waals surface area contributed by atoms with Crippen LogP contribution in [0.3, 0.4) is 0 Å². The van der Waals surface area contributed by atoms with E-state index < -0.39 is 0 Å². The predicted octanol–water partition coefficient (Wildman–Crippen LogP) is 5.76. The number of hydrogen-bond acceptors (Lipinski definition) is 1. The van der Waals surface area contributed by atoms with Crippen molar-refractivity contribution in [2.45, 2.75) is 23.6 Å². The third-order valence-electron chi connectivity index (χ3n) is 2.49. The summed E-state index contributed by atoms with van der Waals surface area (Å²) in [5.41, 5.74) is 2.20. The van der Waals surface area contributed by atoms with Crippen molar-refractivity contribution in [2.24, 2.45) is 0 Å². The minimum absolute atomic E-state index is 0.807. The first-order valence-electron chi connectivity index (χ1n) is 5.26. The van der Waals surface area contributed by atoms with Crippen LogP contribution in [0.25, 0.3) is 0 Å². The van der Waals surface area contributed by atoms with Crippen LogP contribution in [0.5, 0.6) is 0 Å². The van der Waals surface area contributed by atoms with Crippen LogP contribution >= 0.6 is 35.0 Å². The first-order chi connectivity index (χ1) is 8.06. The van der Waals surface area contributed by atoms with Crippen LogP contribution in [0.15, 0.2) is 46.2 Å². The highest BCUT2D eigenvalue weighted by molar-refractivity contribution is 7.99. The molecule has 0 fully saturated rings. The van der Waals surface area contributed by atoms with E-state index in [4.69, 9.17) is 23.2 Å². The maximum absolute atomic E-state index is 6.00. The van der Waals surface area contributed by atoms with E-state index in [0.29, 0.717) is 0 Å². The molecule has 0 N–H and O–H groups in total. The van der Waals surface area contributed by atoms with Gasteiger partial charge in [0.25, 0.3) is 0 Å². The molecule has 0 amide bonds. The van der Waals surface area contributed by atoms with E-state index in [-0.39, 0.29) is 0 Å². The summed E-state index contributed by atoms with van der Waals surface area (Å²) < 4.78 is 0. The molecule has 0 saturated heterocycles. The number of benzene rings is 2. The molecule has 0 aliphatic heterocycles. The summed E-state index contributed by atoms with van der Waals surface area (Å²) in [4.78, 5) is 2.38. The maximum atomic E-state index is 6.00. The molecule has 17 heavy (non-hydrogen) atoms. The van der Waals surface area contributed by atoms with Crippen LogP contribution in [0.1, 0.15) is 11.1 Å². The second-order valence-corrected chi connectivity index (χ2v) is 5.89. The van der Waals surface area contributed by atoms with Crippen molar-refractivity contribution in [1.82, 2.24) is 0 Å². The fourth-order valence-electron chi connectivity index (χ4n) is 1.50. The Kier molecular flexibility index (Phi) is 4.03. The van der Waals surface area contributed by atoms with Crippen LogP contribution in [0.2, 0.25) is 10.0 Å². The Morgan fingerprint density at radius 3 is 1.53 bits per heavy atom. The molecule has 0 saturated carbocycles. The van der Waals surface area contributed by atoms with Gasteiger partial charge in [-0.05, 0) is 61.4 Å². The SMILES string of the molecule is Cc1cc(Sc2ccc(Cl)c(C)c2)ccc1Cl. The molecular weight excluding hydrogens is 271 g/mol. The predicted molar refractivity (Wildman–Crippen MR) is 76.5 cm³/mol. The summed E-state index contributed by atoms with van der Waals surface area (Å²) >= 11 is 13.7. The van der Waals surface area contributed by atoms with Gasteiger partial charge in [0.05, 0.1) is 0 Å². The van der Waals surface area contributed by atoms with Gasteiger partial charge in [-0.3, -0.25) is 0 Å². The second-order valence-electron chi connectivity index (χ2n) is 3.92. The Labute approximate surface area is 116 Å². The molecule has 0 aliphatic carbocycles. The molecule has 0 bridgehead atoms. The van der Waals surface area contributed by atoms with Crippen molar-refractivity contribution in [2.75, 3.05) is 0 Å². The van der Waals surface area contributed by atoms with Gasteiger partial charge in [-0.25, -0.2) is 0 Å². The molecule has 2 aromatic rings. The zero-order valence-corrected chi connectivity index (χ0v) is 12.0. The van der Waals surface area contributed by atoms with E-state index in [9.17, 15) is 0 Å². The summed E-state index contributed by atoms with van der Waals surface area (Å²) in [6, 6.07) is 12.1. The van der Waals surface area contributed by atoms with Gasteiger partial charge in [0.15, 0.2) is 0 Å². The number of halogens is 2. The van der Waals surface area contributed by atoms with Gasteiger partial charge >= 0.3 is 0 Å². The largest absolute Gasteiger partial charge is 0.0901 e. The molecule has 0 aliphatic rings. The lowest BCUT2D eigenvalue weighted by Gasteiger charge is -2.06. The monoisotopic (exact) mass is 282 g/mol. The fraction of sp³-hybridized carbons (Fsp3) is 0.143. The highest BCUT2D eigenvalue weighted by Gasteiger charge is 2.02. The quantitative estimate of drug-likeness (QED) is 0.675. The number of aryl methyl sites for hydroxylation is 2. The minimum atomic E-state index is 0.807. The molecule has 0 atom stereocenters. The zero-order valence-electron chi connectivity index (χ0n) is 9.63. The van der Waals surface area contributed by atoms with Crippen LogP contribution in [0, 0.1) is 13.8 Å². The standard InChI is InChI=1S/C14H12Cl2S/c1-9-7-11(3-5-13(9)15)17-12-4-6-14(16)10(2)8-12/h3-8H,1-2H3. The van der Waals surface area contributed by atoms with E-state index in [1.807, 2.05) is 38.1 Å². The van der Waals surface area contributed by atoms with Crippen molar-refractivity contribution in [1.29, 1.82) is 0 Å². The van der Waals surface area contributed by atoms with Crippen LogP contribution in [-0.4, -0.2) is 0 Å². The summed E-state index contributed by atoms with van der Waals surface area (Å²) in [7, 11) is 0. The van der Waals surface area contributed by atoms with Gasteiger partial charge < -0.3 is 0 Å². The summed E-state index contributed by atoms with van der Waals surface area (Å²) in [5.74, 6) is 0. The Morgan fingerprint density at radius 2 is 1.18 bits per heavy atom. The highest BCUT2D eigenvalue weighted by Crippen LogP contribution is 2.32. The Balaban J connectivity index is 2.25. The van der Waals surface area contributed by atoms with E-state index in [1.54, 1.807) is 11.8 Å². The molecule has 0 radical (unpaired) electrons. The van der Waals surface area contributed by atoms with Gasteiger partial charge in [-0.2, -0.15) is 0 Å². The summed E-state index contributed by atoms with van der Waals surface area (Å²) in [6.07, 6.45) is 0. The average Bonchev–Trinajstić information content (AvgIpc) is 2.29. The third-order valence-corrected chi connectivity index (χ3v) is 4.32. The van der Waals surface area contributed by atoms with Gasteiger partial charge in [-0.1, -0.05) is 35.0 Å². The molecule has 2 aromatic carbocycles. The summed E-state index contributed by atoms with van der Waals surface area (Å²) in [6.45, 7) is 4.03. The van der Waals surface area contributed by atoms with Crippen molar-refractivity contribution in [3.05, 3.63) is 57.6 Å². The third kappa shape index (κ3) is 3.19. The lowest BCUT2D eigenvalue weighted by atomic mass is 10.2. The number of hydrogen-bond donors (Lipinski definition) is 0. The van der Waals surface area contributed by atoms with E-state index in [0.717, 1.165) is 21.2 Å². The van der Waals surface area contributed by atoms with Crippen molar-refractivity contribution < 1.29 is 0 Å². The van der Waals surface area contributed by atoms with Gasteiger partial charge in [0, 0.05) is 19.8 Å². The molecule has 0 spiro atoms. The lowest BCUT2D eigenvalue weighted by molar-refractivity contribution is 1.32. The Bertz CT molecular complexity index is 500. The van der Waals surface area contributed by atoms with Crippen LogP contribution in [0.4, 0.5) is 0 Å². The molecule has 2 rings (SSSR count). The Hall–Kier alpha value is -0.630. The average molecular weight is 283 g/mol. The lowest BCUT2D eigenvalue weighted by Crippen LogP contribution is -1.80. The van der Waals surface area contributed by atoms with E-state index >= 15 is 0 Å². The van der Waals surface area contributed by atoms with Gasteiger partial charge in [-0.15, -0.1) is 0 Å². The van der Waals surface area contributed by atoms with Crippen LogP contribution < -0.4 is 0 Å². The highest BCUT2D eigenvalue weighted by atomic mass is 35.5. The first-order valence-corrected chi connectivity index (χ1v) is 6.83. The molecule has 0 unspecified atom stereocenters. The molecule has 0 aromatic heterocycles. The minimum Gasteiger partial charge on any atom is -0.0901 e. The topological polar surface area (TPSA) is 0 Å². The molecule has 88 valence electrons. The van der Waals surface area contributed by atoms with Crippen LogP contribution in [-0.2, 0) is 0 Å². The smallest absolute Gasteiger partial charge is 0.0435 e. The van der Waals surface area contributed by atoms with Gasteiger partial charge in [0.1, 0.15) is 0 Å². The molecule has 0 nitrogen and oxygen atoms in total. The zero-order chi connectivity index (χ0) is 12.4. The number of rotatable bonds is 2. The maximum Gasteiger partial charge on any atom is 0.0435 e. The summed E-state index contributed by atoms with van der Waals surface area (Å²) in [5, 5.41) is 1.61. The van der Waals surface area contributed by atoms with Crippen molar-refractivity contribution in [3.8, 4) is 0 Å². The second kappa shape index (κ2) is 5.34. The van der Waals surface area contributed by atoms with Crippen molar-refractivity contribution >= 4 is 35.0 Å².